The minimum atomic E-state index is 0.248. The molecule has 2 aromatic rings. The Morgan fingerprint density at radius 3 is 2.86 bits per heavy atom. The Labute approximate surface area is 130 Å². The predicted octanol–water partition coefficient (Wildman–Crippen LogP) is 3.10. The number of para-hydroxylation sites is 1. The molecule has 3 rings (SSSR count). The second-order valence-electron chi connectivity index (χ2n) is 4.50. The lowest BCUT2D eigenvalue weighted by Crippen LogP contribution is -2.22. The molecule has 5 nitrogen and oxygen atoms in total. The summed E-state index contributed by atoms with van der Waals surface area (Å²) in [7, 11) is 0. The van der Waals surface area contributed by atoms with E-state index in [0.29, 0.717) is 12.5 Å². The van der Waals surface area contributed by atoms with E-state index in [9.17, 15) is 0 Å². The second kappa shape index (κ2) is 6.05. The number of anilines is 1. The minimum absolute atomic E-state index is 0.248. The van der Waals surface area contributed by atoms with Gasteiger partial charge in [0.2, 0.25) is 6.79 Å². The number of nitrogens with two attached hydrogens (primary N) is 1. The van der Waals surface area contributed by atoms with Gasteiger partial charge in [0.25, 0.3) is 0 Å². The largest absolute Gasteiger partial charge is 0.454 e. The first kappa shape index (κ1) is 13.8. The molecular weight excluding hydrogens is 334 g/mol. The first-order chi connectivity index (χ1) is 10.2. The number of hydrogen-bond donors (Lipinski definition) is 2. The number of fused-ring (bicyclic) bond motifs is 1. The van der Waals surface area contributed by atoms with Crippen LogP contribution in [0.25, 0.3) is 0 Å². The number of hydrogen-bond acceptors (Lipinski definition) is 3. The Kier molecular flexibility index (Phi) is 3.96. The molecule has 0 fully saturated rings. The van der Waals surface area contributed by atoms with E-state index in [4.69, 9.17) is 15.2 Å². The fourth-order valence-electron chi connectivity index (χ4n) is 2.00. The summed E-state index contributed by atoms with van der Waals surface area (Å²) in [4.78, 5) is 4.32. The van der Waals surface area contributed by atoms with Crippen molar-refractivity contribution in [3.63, 3.8) is 0 Å². The molecule has 0 saturated heterocycles. The number of guanidine groups is 1. The van der Waals surface area contributed by atoms with E-state index in [1.807, 2.05) is 42.5 Å². The zero-order valence-electron chi connectivity index (χ0n) is 11.2. The molecule has 0 unspecified atom stereocenters. The molecule has 0 radical (unpaired) electrons. The maximum atomic E-state index is 5.88. The summed E-state index contributed by atoms with van der Waals surface area (Å²) >= 11 is 3.46. The zero-order chi connectivity index (χ0) is 14.7. The van der Waals surface area contributed by atoms with Crippen LogP contribution in [0.2, 0.25) is 0 Å². The van der Waals surface area contributed by atoms with Gasteiger partial charge in [0, 0.05) is 5.69 Å². The predicted molar refractivity (Wildman–Crippen MR) is 85.7 cm³/mol. The van der Waals surface area contributed by atoms with Crippen molar-refractivity contribution in [1.29, 1.82) is 0 Å². The molecule has 1 heterocycles. The van der Waals surface area contributed by atoms with Crippen LogP contribution in [0.1, 0.15) is 5.56 Å². The number of halogens is 1. The topological polar surface area (TPSA) is 68.9 Å². The van der Waals surface area contributed by atoms with Gasteiger partial charge in [0.15, 0.2) is 17.5 Å². The van der Waals surface area contributed by atoms with Crippen LogP contribution >= 0.6 is 15.9 Å². The highest BCUT2D eigenvalue weighted by Gasteiger charge is 2.17. The quantitative estimate of drug-likeness (QED) is 0.661. The van der Waals surface area contributed by atoms with Crippen LogP contribution in [0.15, 0.2) is 51.9 Å². The van der Waals surface area contributed by atoms with Crippen molar-refractivity contribution in [2.24, 2.45) is 10.7 Å². The first-order valence-corrected chi connectivity index (χ1v) is 7.22. The summed E-state index contributed by atoms with van der Waals surface area (Å²) < 4.78 is 11.6. The summed E-state index contributed by atoms with van der Waals surface area (Å²) in [6, 6.07) is 13.5. The molecule has 0 aliphatic carbocycles. The molecule has 0 bridgehead atoms. The summed E-state index contributed by atoms with van der Waals surface area (Å²) in [6.07, 6.45) is 0. The number of aliphatic imine (C=N–C) groups is 1. The van der Waals surface area contributed by atoms with E-state index in [-0.39, 0.29) is 6.79 Å². The fourth-order valence-corrected chi connectivity index (χ4v) is 2.60. The van der Waals surface area contributed by atoms with Crippen LogP contribution in [0.5, 0.6) is 11.5 Å². The Morgan fingerprint density at radius 1 is 1.24 bits per heavy atom. The molecule has 108 valence electrons. The Bertz CT molecular complexity index is 674. The zero-order valence-corrected chi connectivity index (χ0v) is 12.8. The SMILES string of the molecule is NC(=NCc1cc(Br)c2c(c1)OCO2)Nc1ccccc1. The van der Waals surface area contributed by atoms with E-state index < -0.39 is 0 Å². The van der Waals surface area contributed by atoms with Crippen LogP contribution < -0.4 is 20.5 Å². The molecule has 1 aliphatic rings. The van der Waals surface area contributed by atoms with Gasteiger partial charge in [0.1, 0.15) is 0 Å². The summed E-state index contributed by atoms with van der Waals surface area (Å²) in [5.41, 5.74) is 7.77. The minimum Gasteiger partial charge on any atom is -0.454 e. The fraction of sp³-hybridized carbons (Fsp3) is 0.133. The number of nitrogens with one attached hydrogen (secondary N) is 1. The molecule has 0 saturated carbocycles. The number of rotatable bonds is 3. The van der Waals surface area contributed by atoms with Gasteiger partial charge in [-0.1, -0.05) is 18.2 Å². The highest BCUT2D eigenvalue weighted by molar-refractivity contribution is 9.10. The van der Waals surface area contributed by atoms with Crippen LogP contribution in [-0.2, 0) is 6.54 Å². The molecule has 1 aliphatic heterocycles. The lowest BCUT2D eigenvalue weighted by Gasteiger charge is -2.06. The van der Waals surface area contributed by atoms with Gasteiger partial charge in [-0.05, 0) is 45.8 Å². The maximum absolute atomic E-state index is 5.88. The molecule has 3 N–H and O–H groups in total. The monoisotopic (exact) mass is 347 g/mol. The first-order valence-electron chi connectivity index (χ1n) is 6.42. The van der Waals surface area contributed by atoms with Crippen LogP contribution in [0.4, 0.5) is 5.69 Å². The summed E-state index contributed by atoms with van der Waals surface area (Å²) in [5.74, 6) is 1.83. The highest BCUT2D eigenvalue weighted by Crippen LogP contribution is 2.40. The van der Waals surface area contributed by atoms with Crippen molar-refractivity contribution in [3.8, 4) is 11.5 Å². The van der Waals surface area contributed by atoms with Crippen molar-refractivity contribution in [2.45, 2.75) is 6.54 Å². The van der Waals surface area contributed by atoms with Crippen molar-refractivity contribution in [1.82, 2.24) is 0 Å². The summed E-state index contributed by atoms with van der Waals surface area (Å²) in [6.45, 7) is 0.708. The molecule has 21 heavy (non-hydrogen) atoms. The van der Waals surface area contributed by atoms with Gasteiger partial charge in [-0.2, -0.15) is 0 Å². The lowest BCUT2D eigenvalue weighted by molar-refractivity contribution is 0.173. The average Bonchev–Trinajstić information content (AvgIpc) is 2.95. The number of nitrogens with zero attached hydrogens (tertiary/aromatic N) is 1. The van der Waals surface area contributed by atoms with Crippen molar-refractivity contribution >= 4 is 27.6 Å². The molecule has 0 spiro atoms. The standard InChI is InChI=1S/C15H14BrN3O2/c16-12-6-10(7-13-14(12)21-9-20-13)8-18-15(17)19-11-4-2-1-3-5-11/h1-7H,8-9H2,(H3,17,18,19). The average molecular weight is 348 g/mol. The van der Waals surface area contributed by atoms with E-state index in [2.05, 4.69) is 26.2 Å². The Hall–Kier alpha value is -2.21. The van der Waals surface area contributed by atoms with Crippen molar-refractivity contribution in [3.05, 3.63) is 52.5 Å². The van der Waals surface area contributed by atoms with E-state index in [0.717, 1.165) is 27.2 Å². The van der Waals surface area contributed by atoms with Crippen molar-refractivity contribution in [2.75, 3.05) is 12.1 Å². The third-order valence-corrected chi connectivity index (χ3v) is 3.55. The third-order valence-electron chi connectivity index (χ3n) is 2.97. The Morgan fingerprint density at radius 2 is 2.05 bits per heavy atom. The van der Waals surface area contributed by atoms with Gasteiger partial charge >= 0.3 is 0 Å². The van der Waals surface area contributed by atoms with Crippen molar-refractivity contribution < 1.29 is 9.47 Å². The maximum Gasteiger partial charge on any atom is 0.231 e. The lowest BCUT2D eigenvalue weighted by atomic mass is 10.2. The normalized spacial score (nSPS) is 13.3. The molecule has 2 aromatic carbocycles. The van der Waals surface area contributed by atoms with E-state index >= 15 is 0 Å². The molecule has 0 aromatic heterocycles. The molecule has 0 amide bonds. The van der Waals surface area contributed by atoms with Crippen LogP contribution in [-0.4, -0.2) is 12.8 Å². The number of ether oxygens (including phenoxy) is 2. The highest BCUT2D eigenvalue weighted by atomic mass is 79.9. The van der Waals surface area contributed by atoms with Gasteiger partial charge in [-0.3, -0.25) is 0 Å². The van der Waals surface area contributed by atoms with E-state index in [1.54, 1.807) is 0 Å². The third kappa shape index (κ3) is 3.28. The molecular formula is C15H14BrN3O2. The second-order valence-corrected chi connectivity index (χ2v) is 5.36. The summed E-state index contributed by atoms with van der Waals surface area (Å²) in [5, 5.41) is 3.04. The molecule has 6 heteroatoms. The van der Waals surface area contributed by atoms with E-state index in [1.165, 1.54) is 0 Å². The van der Waals surface area contributed by atoms with Gasteiger partial charge in [0.05, 0.1) is 11.0 Å². The van der Waals surface area contributed by atoms with Gasteiger partial charge in [-0.25, -0.2) is 4.99 Å². The van der Waals surface area contributed by atoms with Crippen LogP contribution in [0.3, 0.4) is 0 Å². The van der Waals surface area contributed by atoms with Crippen LogP contribution in [0, 0.1) is 0 Å². The Balaban J connectivity index is 1.69. The smallest absolute Gasteiger partial charge is 0.231 e. The van der Waals surface area contributed by atoms with Gasteiger partial charge in [-0.15, -0.1) is 0 Å². The molecule has 0 atom stereocenters. The number of benzene rings is 2. The van der Waals surface area contributed by atoms with Gasteiger partial charge < -0.3 is 20.5 Å².